The number of furan rings is 1. The fourth-order valence-electron chi connectivity index (χ4n) is 6.84. The zero-order valence-corrected chi connectivity index (χ0v) is 28.7. The fraction of sp³-hybridized carbons (Fsp3) is 0. The Kier molecular flexibility index (Phi) is 4.64. The van der Waals surface area contributed by atoms with Gasteiger partial charge in [-0.25, -0.2) is 15.0 Å². The molecule has 0 unspecified atom stereocenters. The van der Waals surface area contributed by atoms with E-state index in [1.54, 1.807) is 17.4 Å². The van der Waals surface area contributed by atoms with E-state index in [1.807, 2.05) is 78.9 Å². The molecule has 0 saturated heterocycles. The summed E-state index contributed by atoms with van der Waals surface area (Å²) in [4.78, 5) is 14.3. The SMILES string of the molecule is [2H]c1cc2c(oc3c([2H])cc([2H])c(-c4nc(-c5ccc6ccccc6c5)nc(-c5c([2H])c([2H])c(-c6c([2H])c([2H])c([2H])c([2H])c6[2H])c([2H])c5[2H])n4)c32)c(-c2ccc3c(c2)sc2ccccc23)c1[2H]. The van der Waals surface area contributed by atoms with E-state index < -0.39 is 65.5 Å². The van der Waals surface area contributed by atoms with E-state index in [0.717, 1.165) is 30.9 Å². The van der Waals surface area contributed by atoms with Crippen LogP contribution in [0, 0.1) is 0 Å². The smallest absolute Gasteiger partial charge is 0.164 e. The molecule has 0 bridgehead atoms. The van der Waals surface area contributed by atoms with E-state index in [4.69, 9.17) is 33.1 Å². The van der Waals surface area contributed by atoms with Crippen molar-refractivity contribution in [1.82, 2.24) is 15.0 Å². The number of para-hydroxylation sites is 1. The zero-order valence-electron chi connectivity index (χ0n) is 40.9. The van der Waals surface area contributed by atoms with Crippen LogP contribution in [-0.4, -0.2) is 15.0 Å². The Morgan fingerprint density at radius 3 is 2.06 bits per heavy atom. The van der Waals surface area contributed by atoms with Gasteiger partial charge in [0.05, 0.1) is 17.8 Å². The predicted molar refractivity (Wildman–Crippen MR) is 225 cm³/mol. The maximum Gasteiger partial charge on any atom is 0.164 e. The first-order valence-electron chi connectivity index (χ1n) is 23.4. The maximum atomic E-state index is 9.37. The molecule has 3 heterocycles. The monoisotopic (exact) mass is 720 g/mol. The lowest BCUT2D eigenvalue weighted by Crippen LogP contribution is -2.00. The summed E-state index contributed by atoms with van der Waals surface area (Å²) in [6, 6.07) is 22.7. The van der Waals surface area contributed by atoms with Gasteiger partial charge in [-0.05, 0) is 51.7 Å². The molecule has 4 nitrogen and oxygen atoms in total. The summed E-state index contributed by atoms with van der Waals surface area (Å²) in [5.74, 6) is -0.466. The van der Waals surface area contributed by atoms with Crippen molar-refractivity contribution < 1.29 is 22.2 Å². The van der Waals surface area contributed by atoms with E-state index in [1.165, 1.54) is 12.1 Å². The number of benzene rings is 8. The maximum absolute atomic E-state index is 9.37. The molecule has 252 valence electrons. The van der Waals surface area contributed by atoms with Crippen LogP contribution in [0.25, 0.3) is 109 Å². The Labute approximate surface area is 332 Å². The molecule has 0 radical (unpaired) electrons. The lowest BCUT2D eigenvalue weighted by atomic mass is 9.99. The van der Waals surface area contributed by atoms with Crippen molar-refractivity contribution in [3.8, 4) is 56.4 Å². The number of aromatic nitrogens is 3. The third kappa shape index (κ3) is 5.09. The van der Waals surface area contributed by atoms with Gasteiger partial charge in [-0.3, -0.25) is 0 Å². The molecule has 0 aliphatic rings. The van der Waals surface area contributed by atoms with E-state index in [9.17, 15) is 4.11 Å². The molecule has 54 heavy (non-hydrogen) atoms. The summed E-state index contributed by atoms with van der Waals surface area (Å²) < 4.78 is 124. The fourth-order valence-corrected chi connectivity index (χ4v) is 7.99. The minimum Gasteiger partial charge on any atom is -0.455 e. The molecule has 0 N–H and O–H groups in total. The van der Waals surface area contributed by atoms with Gasteiger partial charge in [0, 0.05) is 53.2 Å². The molecule has 0 atom stereocenters. The van der Waals surface area contributed by atoms with Crippen LogP contribution in [0.1, 0.15) is 17.8 Å². The lowest BCUT2D eigenvalue weighted by molar-refractivity contribution is 0.670. The van der Waals surface area contributed by atoms with Crippen LogP contribution in [-0.2, 0) is 0 Å². The minimum absolute atomic E-state index is 0.0247. The first kappa shape index (κ1) is 20.3. The van der Waals surface area contributed by atoms with Crippen molar-refractivity contribution in [2.75, 3.05) is 0 Å². The van der Waals surface area contributed by atoms with Crippen LogP contribution in [0.3, 0.4) is 0 Å². The van der Waals surface area contributed by atoms with Crippen LogP contribution in [0.15, 0.2) is 180 Å². The van der Waals surface area contributed by atoms with E-state index >= 15 is 0 Å². The van der Waals surface area contributed by atoms with Crippen molar-refractivity contribution in [1.29, 1.82) is 0 Å². The van der Waals surface area contributed by atoms with Gasteiger partial charge in [0.25, 0.3) is 0 Å². The number of fused-ring (bicyclic) bond motifs is 7. The zero-order chi connectivity index (χ0) is 46.9. The van der Waals surface area contributed by atoms with Crippen LogP contribution >= 0.6 is 11.3 Å². The van der Waals surface area contributed by atoms with Crippen molar-refractivity contribution >= 4 is 64.2 Å². The summed E-state index contributed by atoms with van der Waals surface area (Å²) >= 11 is 1.60. The Morgan fingerprint density at radius 1 is 0.444 bits per heavy atom. The summed E-state index contributed by atoms with van der Waals surface area (Å²) in [6.07, 6.45) is 0. The quantitative estimate of drug-likeness (QED) is 0.178. The Balaban J connectivity index is 1.19. The number of hydrogen-bond donors (Lipinski definition) is 0. The molecule has 8 aromatic carbocycles. The second kappa shape index (κ2) is 12.3. The molecule has 0 saturated carbocycles. The topological polar surface area (TPSA) is 51.8 Å². The van der Waals surface area contributed by atoms with Gasteiger partial charge in [-0.15, -0.1) is 11.3 Å². The molecule has 0 spiro atoms. The number of rotatable bonds is 5. The molecule has 11 rings (SSSR count). The highest BCUT2D eigenvalue weighted by Crippen LogP contribution is 2.42. The Morgan fingerprint density at radius 2 is 1.17 bits per heavy atom. The van der Waals surface area contributed by atoms with Crippen molar-refractivity contribution in [3.63, 3.8) is 0 Å². The van der Waals surface area contributed by atoms with E-state index in [-0.39, 0.29) is 69.3 Å². The van der Waals surface area contributed by atoms with Gasteiger partial charge in [0.15, 0.2) is 17.5 Å². The molecular formula is C49H29N3OS. The average Bonchev–Trinajstić information content (AvgIpc) is 3.89. The Hall–Kier alpha value is -6.95. The van der Waals surface area contributed by atoms with Crippen molar-refractivity contribution in [3.05, 3.63) is 176 Å². The molecular weight excluding hydrogens is 679 g/mol. The highest BCUT2D eigenvalue weighted by Gasteiger charge is 2.20. The van der Waals surface area contributed by atoms with Gasteiger partial charge in [0.2, 0.25) is 0 Å². The first-order valence-corrected chi connectivity index (χ1v) is 17.8. The molecule has 0 aliphatic carbocycles. The third-order valence-corrected chi connectivity index (χ3v) is 10.5. The average molecular weight is 721 g/mol. The van der Waals surface area contributed by atoms with Crippen LogP contribution in [0.2, 0.25) is 0 Å². The molecule has 3 aromatic heterocycles. The third-order valence-electron chi connectivity index (χ3n) is 9.39. The second-order valence-corrected chi connectivity index (χ2v) is 13.7. The van der Waals surface area contributed by atoms with E-state index in [2.05, 4.69) is 0 Å². The molecule has 0 aliphatic heterocycles. The van der Waals surface area contributed by atoms with E-state index in [0.29, 0.717) is 22.1 Å². The normalized spacial score (nSPS) is 15.1. The highest BCUT2D eigenvalue weighted by atomic mass is 32.1. The first-order chi connectivity index (χ1) is 32.1. The van der Waals surface area contributed by atoms with Gasteiger partial charge in [-0.1, -0.05) is 151 Å². The standard InChI is InChI=1S/C49H29N3OS/c1-2-10-30(11-3-1)32-20-23-33(24-21-32)47-50-48(36-25-22-31-12-4-5-13-34(31)28-36)52-49(51-47)41-17-9-18-42-45(41)40-16-8-15-37(46(40)53-42)35-26-27-39-38-14-6-7-19-43(38)54-44(39)29-35/h1-29H/i1D,2D,3D,8D,10D,11D,15D,17D,18D,20D,21D,23D,24D. The van der Waals surface area contributed by atoms with Crippen molar-refractivity contribution in [2.24, 2.45) is 0 Å². The summed E-state index contributed by atoms with van der Waals surface area (Å²) in [5, 5.41) is 4.37. The molecule has 11 aromatic rings. The highest BCUT2D eigenvalue weighted by molar-refractivity contribution is 7.25. The molecule has 0 amide bonds. The van der Waals surface area contributed by atoms with Gasteiger partial charge >= 0.3 is 0 Å². The minimum atomic E-state index is -0.706. The number of nitrogens with zero attached hydrogens (tertiary/aromatic N) is 3. The molecule has 5 heteroatoms. The van der Waals surface area contributed by atoms with Crippen LogP contribution in [0.4, 0.5) is 0 Å². The summed E-state index contributed by atoms with van der Waals surface area (Å²) in [6.45, 7) is 0. The van der Waals surface area contributed by atoms with Crippen LogP contribution < -0.4 is 0 Å². The van der Waals surface area contributed by atoms with Crippen LogP contribution in [0.5, 0.6) is 0 Å². The predicted octanol–water partition coefficient (Wildman–Crippen LogP) is 13.6. The lowest BCUT2D eigenvalue weighted by Gasteiger charge is -2.10. The largest absolute Gasteiger partial charge is 0.455 e. The van der Waals surface area contributed by atoms with Gasteiger partial charge in [-0.2, -0.15) is 0 Å². The number of thiophene rings is 1. The number of hydrogen-bond acceptors (Lipinski definition) is 5. The second-order valence-electron chi connectivity index (χ2n) is 12.6. The van der Waals surface area contributed by atoms with Gasteiger partial charge in [0.1, 0.15) is 11.2 Å². The molecule has 0 fully saturated rings. The summed E-state index contributed by atoms with van der Waals surface area (Å²) in [7, 11) is 0. The van der Waals surface area contributed by atoms with Gasteiger partial charge < -0.3 is 4.42 Å². The Bertz CT molecular complexity index is 3940. The van der Waals surface area contributed by atoms with Crippen molar-refractivity contribution in [2.45, 2.75) is 0 Å². The summed E-state index contributed by atoms with van der Waals surface area (Å²) in [5.41, 5.74) is 0.262.